The van der Waals surface area contributed by atoms with Crippen LogP contribution in [0.25, 0.3) is 0 Å². The van der Waals surface area contributed by atoms with Crippen molar-refractivity contribution in [2.45, 2.75) is 24.7 Å². The van der Waals surface area contributed by atoms with Gasteiger partial charge in [0.2, 0.25) is 5.91 Å². The highest BCUT2D eigenvalue weighted by molar-refractivity contribution is 7.87. The van der Waals surface area contributed by atoms with Gasteiger partial charge in [-0.2, -0.15) is 8.42 Å². The third kappa shape index (κ3) is 5.55. The molecule has 2 aromatic rings. The molecule has 0 fully saturated rings. The van der Waals surface area contributed by atoms with Crippen LogP contribution in [0.3, 0.4) is 0 Å². The second kappa shape index (κ2) is 8.68. The predicted molar refractivity (Wildman–Crippen MR) is 98.9 cm³/mol. The zero-order valence-electron chi connectivity index (χ0n) is 15.3. The maximum Gasteiger partial charge on any atom is 0.339 e. The van der Waals surface area contributed by atoms with Gasteiger partial charge in [-0.3, -0.25) is 9.59 Å². The van der Waals surface area contributed by atoms with E-state index in [1.807, 2.05) is 6.92 Å². The van der Waals surface area contributed by atoms with E-state index in [1.165, 1.54) is 38.3 Å². The fourth-order valence-corrected chi connectivity index (χ4v) is 3.31. The third-order valence-corrected chi connectivity index (χ3v) is 5.08. The molecule has 0 aliphatic heterocycles. The summed E-state index contributed by atoms with van der Waals surface area (Å²) in [7, 11) is -2.77. The van der Waals surface area contributed by atoms with E-state index in [4.69, 9.17) is 8.92 Å². The van der Waals surface area contributed by atoms with E-state index in [9.17, 15) is 18.0 Å². The van der Waals surface area contributed by atoms with E-state index >= 15 is 0 Å². The van der Waals surface area contributed by atoms with Gasteiger partial charge in [0, 0.05) is 13.5 Å². The van der Waals surface area contributed by atoms with E-state index in [0.717, 1.165) is 5.56 Å². The van der Waals surface area contributed by atoms with E-state index in [1.54, 1.807) is 24.3 Å². The number of rotatable bonds is 7. The highest BCUT2D eigenvalue weighted by atomic mass is 32.2. The Morgan fingerprint density at radius 1 is 1.11 bits per heavy atom. The van der Waals surface area contributed by atoms with Crippen molar-refractivity contribution < 1.29 is 26.9 Å². The molecule has 0 aliphatic rings. The molecule has 2 rings (SSSR count). The molecule has 0 bridgehead atoms. The maximum atomic E-state index is 12.4. The van der Waals surface area contributed by atoms with Crippen molar-refractivity contribution in [2.75, 3.05) is 13.7 Å². The number of aryl methyl sites for hydroxylation is 1. The zero-order chi connectivity index (χ0) is 20.0. The summed E-state index contributed by atoms with van der Waals surface area (Å²) in [5.74, 6) is -1.57. The van der Waals surface area contributed by atoms with Gasteiger partial charge in [0.25, 0.3) is 0 Å². The Labute approximate surface area is 158 Å². The summed E-state index contributed by atoms with van der Waals surface area (Å²) < 4.78 is 34.8. The molecule has 0 radical (unpaired) electrons. The third-order valence-electron chi connectivity index (χ3n) is 3.82. The highest BCUT2D eigenvalue weighted by Gasteiger charge is 2.23. The summed E-state index contributed by atoms with van der Waals surface area (Å²) in [5, 5.41) is 2.56. The largest absolute Gasteiger partial charge is 0.468 e. The molecule has 0 spiro atoms. The lowest BCUT2D eigenvalue weighted by molar-refractivity contribution is -0.142. The molecule has 144 valence electrons. The quantitative estimate of drug-likeness (QED) is 0.574. The van der Waals surface area contributed by atoms with Crippen LogP contribution in [0.4, 0.5) is 0 Å². The number of nitrogens with one attached hydrogen (secondary N) is 1. The van der Waals surface area contributed by atoms with Gasteiger partial charge in [-0.1, -0.05) is 29.8 Å². The molecule has 0 heterocycles. The first-order valence-electron chi connectivity index (χ1n) is 8.16. The normalized spacial score (nSPS) is 12.1. The van der Waals surface area contributed by atoms with Gasteiger partial charge in [0.15, 0.2) is 0 Å². The van der Waals surface area contributed by atoms with Crippen molar-refractivity contribution in [3.8, 4) is 5.75 Å². The molecule has 1 unspecified atom stereocenters. The van der Waals surface area contributed by atoms with Crippen molar-refractivity contribution in [1.29, 1.82) is 0 Å². The predicted octanol–water partition coefficient (Wildman–Crippen LogP) is 2.16. The summed E-state index contributed by atoms with van der Waals surface area (Å²) in [6.07, 6.45) is 0. The second-order valence-corrected chi connectivity index (χ2v) is 7.48. The van der Waals surface area contributed by atoms with Crippen molar-refractivity contribution in [2.24, 2.45) is 0 Å². The zero-order valence-corrected chi connectivity index (χ0v) is 16.1. The molecule has 1 atom stereocenters. The fraction of sp³-hybridized carbons (Fsp3) is 0.263. The van der Waals surface area contributed by atoms with Crippen molar-refractivity contribution in [1.82, 2.24) is 5.32 Å². The van der Waals surface area contributed by atoms with Gasteiger partial charge in [0.05, 0.1) is 13.0 Å². The number of methoxy groups -OCH3 is 1. The van der Waals surface area contributed by atoms with Crippen molar-refractivity contribution >= 4 is 22.0 Å². The SMILES string of the molecule is COC(=O)C(CNC(C)=O)c1cccc(OS(=O)(=O)c2ccc(C)cc2)c1. The fourth-order valence-electron chi connectivity index (χ4n) is 2.39. The van der Waals surface area contributed by atoms with Gasteiger partial charge in [-0.25, -0.2) is 0 Å². The summed E-state index contributed by atoms with van der Waals surface area (Å²) >= 11 is 0. The number of ether oxygens (including phenoxy) is 1. The van der Waals surface area contributed by atoms with Gasteiger partial charge in [0.1, 0.15) is 10.6 Å². The lowest BCUT2D eigenvalue weighted by Crippen LogP contribution is -2.30. The van der Waals surface area contributed by atoms with Crippen LogP contribution in [0, 0.1) is 6.92 Å². The highest BCUT2D eigenvalue weighted by Crippen LogP contribution is 2.25. The first kappa shape index (κ1) is 20.4. The first-order chi connectivity index (χ1) is 12.7. The van der Waals surface area contributed by atoms with E-state index in [2.05, 4.69) is 5.32 Å². The van der Waals surface area contributed by atoms with Crippen molar-refractivity contribution in [3.63, 3.8) is 0 Å². The number of hydrogen-bond acceptors (Lipinski definition) is 6. The molecule has 0 aliphatic carbocycles. The smallest absolute Gasteiger partial charge is 0.339 e. The van der Waals surface area contributed by atoms with Crippen molar-refractivity contribution in [3.05, 3.63) is 59.7 Å². The summed E-state index contributed by atoms with van der Waals surface area (Å²) in [4.78, 5) is 23.2. The van der Waals surface area contributed by atoms with Gasteiger partial charge < -0.3 is 14.2 Å². The van der Waals surface area contributed by atoms with Crippen LogP contribution >= 0.6 is 0 Å². The molecule has 7 nitrogen and oxygen atoms in total. The molecule has 0 aromatic heterocycles. The van der Waals surface area contributed by atoms with Crippen LogP contribution in [0.1, 0.15) is 24.0 Å². The number of esters is 1. The second-order valence-electron chi connectivity index (χ2n) is 5.94. The van der Waals surface area contributed by atoms with E-state index in [0.29, 0.717) is 5.56 Å². The Morgan fingerprint density at radius 2 is 1.78 bits per heavy atom. The Morgan fingerprint density at radius 3 is 2.37 bits per heavy atom. The molecule has 1 amide bonds. The van der Waals surface area contributed by atoms with Gasteiger partial charge >= 0.3 is 16.1 Å². The maximum absolute atomic E-state index is 12.4. The van der Waals surface area contributed by atoms with Crippen LogP contribution in [-0.2, 0) is 24.4 Å². The van der Waals surface area contributed by atoms with Crippen LogP contribution in [-0.4, -0.2) is 33.9 Å². The molecule has 0 saturated heterocycles. The van der Waals surface area contributed by atoms with Gasteiger partial charge in [-0.15, -0.1) is 0 Å². The number of benzene rings is 2. The minimum Gasteiger partial charge on any atom is -0.468 e. The standard InChI is InChI=1S/C19H21NO6S/c1-13-7-9-17(10-8-13)27(23,24)26-16-6-4-5-15(11-16)18(19(22)25-3)12-20-14(2)21/h4-11,18H,12H2,1-3H3,(H,20,21). The van der Waals surface area contributed by atoms with Crippen LogP contribution in [0.5, 0.6) is 5.75 Å². The number of carbonyl (C=O) groups excluding carboxylic acids is 2. The lowest BCUT2D eigenvalue weighted by atomic mass is 9.99. The summed E-state index contributed by atoms with van der Waals surface area (Å²) in [5.41, 5.74) is 1.39. The Bertz CT molecular complexity index is 921. The van der Waals surface area contributed by atoms with Crippen LogP contribution in [0.15, 0.2) is 53.4 Å². The monoisotopic (exact) mass is 391 g/mol. The average Bonchev–Trinajstić information content (AvgIpc) is 2.61. The first-order valence-corrected chi connectivity index (χ1v) is 9.57. The summed E-state index contributed by atoms with van der Waals surface area (Å²) in [6.45, 7) is 3.21. The Hall–Kier alpha value is -2.87. The summed E-state index contributed by atoms with van der Waals surface area (Å²) in [6, 6.07) is 12.4. The number of hydrogen-bond donors (Lipinski definition) is 1. The number of carbonyl (C=O) groups is 2. The van der Waals surface area contributed by atoms with Gasteiger partial charge in [-0.05, 0) is 36.8 Å². The Balaban J connectivity index is 2.28. The minimum atomic E-state index is -4.01. The molecule has 1 N–H and O–H groups in total. The van der Waals surface area contributed by atoms with Crippen LogP contribution in [0.2, 0.25) is 0 Å². The molecular weight excluding hydrogens is 370 g/mol. The van der Waals surface area contributed by atoms with Crippen LogP contribution < -0.4 is 9.50 Å². The van der Waals surface area contributed by atoms with E-state index < -0.39 is 22.0 Å². The average molecular weight is 391 g/mol. The molecule has 0 saturated carbocycles. The topological polar surface area (TPSA) is 98.8 Å². The number of amides is 1. The molecule has 2 aromatic carbocycles. The lowest BCUT2D eigenvalue weighted by Gasteiger charge is -2.16. The van der Waals surface area contributed by atoms with E-state index in [-0.39, 0.29) is 23.1 Å². The molecular formula is C19H21NO6S. The molecule has 8 heteroatoms. The molecule has 27 heavy (non-hydrogen) atoms. The minimum absolute atomic E-state index is 0.0240. The Kier molecular flexibility index (Phi) is 6.57.